The molecule has 1 heterocycles. The lowest BCUT2D eigenvalue weighted by Crippen LogP contribution is -2.35. The number of halogens is 1. The van der Waals surface area contributed by atoms with E-state index in [-0.39, 0.29) is 24.5 Å². The van der Waals surface area contributed by atoms with Gasteiger partial charge in [-0.3, -0.25) is 0 Å². The summed E-state index contributed by atoms with van der Waals surface area (Å²) < 4.78 is 4.84. The highest BCUT2D eigenvalue weighted by atomic mass is 35.5. The number of nitrogens with one attached hydrogen (secondary N) is 1. The lowest BCUT2D eigenvalue weighted by atomic mass is 9.99. The molecule has 3 nitrogen and oxygen atoms in total. The molecule has 0 bridgehead atoms. The highest BCUT2D eigenvalue weighted by molar-refractivity contribution is 5.85. The molecule has 4 heteroatoms. The number of alkyl carbamates (subject to hydrolysis) is 1. The summed E-state index contributed by atoms with van der Waals surface area (Å²) in [5, 5.41) is 2.83. The molecule has 0 unspecified atom stereocenters. The first-order valence-electron chi connectivity index (χ1n) is 5.16. The van der Waals surface area contributed by atoms with E-state index in [0.717, 1.165) is 6.42 Å². The van der Waals surface area contributed by atoms with Gasteiger partial charge in [0, 0.05) is 6.42 Å². The number of carbonyl (C=O) groups is 1. The quantitative estimate of drug-likeness (QED) is 0.821. The molecule has 1 amide bonds. The molecule has 88 valence electrons. The van der Waals surface area contributed by atoms with Crippen LogP contribution in [-0.4, -0.2) is 12.7 Å². The molecule has 2 rings (SSSR count). The number of hydrogen-bond acceptors (Lipinski definition) is 2. The Bertz CT molecular complexity index is 372. The molecule has 1 atom stereocenters. The number of ether oxygens (including phenoxy) is 1. The molecule has 0 aliphatic carbocycles. The Hall–Kier alpha value is -1.22. The van der Waals surface area contributed by atoms with Crippen LogP contribution in [0.3, 0.4) is 0 Å². The normalized spacial score (nSPS) is 19.4. The van der Waals surface area contributed by atoms with Crippen molar-refractivity contribution in [1.29, 1.82) is 0 Å². The lowest BCUT2D eigenvalue weighted by Gasteiger charge is -2.24. The van der Waals surface area contributed by atoms with Gasteiger partial charge in [0.1, 0.15) is 0 Å². The van der Waals surface area contributed by atoms with E-state index in [9.17, 15) is 4.79 Å². The summed E-state index contributed by atoms with van der Waals surface area (Å²) >= 11 is 0. The van der Waals surface area contributed by atoms with Gasteiger partial charge in [0.25, 0.3) is 0 Å². The van der Waals surface area contributed by atoms with Gasteiger partial charge in [-0.15, -0.1) is 12.4 Å². The first-order valence-corrected chi connectivity index (χ1v) is 5.16. The second-order valence-electron chi connectivity index (χ2n) is 4.04. The standard InChI is InChI=1S/C12H15NO2.ClH/c1-8-5-9(2)7-10(6-8)11-3-4-15-12(14)13-11;/h5-7,11H,3-4H2,1-2H3,(H,13,14);1H/t11-;/m1./s1. The van der Waals surface area contributed by atoms with Gasteiger partial charge >= 0.3 is 6.09 Å². The Morgan fingerprint density at radius 3 is 2.44 bits per heavy atom. The SMILES string of the molecule is Cc1cc(C)cc([C@H]2CCOC(=O)N2)c1.Cl. The maximum Gasteiger partial charge on any atom is 0.407 e. The van der Waals surface area contributed by atoms with Crippen LogP contribution in [0.4, 0.5) is 4.79 Å². The maximum absolute atomic E-state index is 11.1. The second kappa shape index (κ2) is 5.21. The molecule has 1 aromatic carbocycles. The first-order chi connectivity index (χ1) is 7.15. The van der Waals surface area contributed by atoms with Gasteiger partial charge in [0.05, 0.1) is 12.6 Å². The summed E-state index contributed by atoms with van der Waals surface area (Å²) in [5.41, 5.74) is 3.63. The largest absolute Gasteiger partial charge is 0.449 e. The maximum atomic E-state index is 11.1. The summed E-state index contributed by atoms with van der Waals surface area (Å²) in [4.78, 5) is 11.1. The van der Waals surface area contributed by atoms with Crippen LogP contribution in [-0.2, 0) is 4.74 Å². The van der Waals surface area contributed by atoms with Crippen LogP contribution in [0.15, 0.2) is 18.2 Å². The molecule has 1 aliphatic heterocycles. The first kappa shape index (κ1) is 12.8. The Morgan fingerprint density at radius 2 is 1.88 bits per heavy atom. The molecule has 16 heavy (non-hydrogen) atoms. The number of amides is 1. The topological polar surface area (TPSA) is 38.3 Å². The Labute approximate surface area is 102 Å². The van der Waals surface area contributed by atoms with Crippen LogP contribution in [0.2, 0.25) is 0 Å². The van der Waals surface area contributed by atoms with Gasteiger partial charge in [-0.25, -0.2) is 4.79 Å². The van der Waals surface area contributed by atoms with E-state index in [2.05, 4.69) is 37.4 Å². The van der Waals surface area contributed by atoms with Crippen molar-refractivity contribution in [2.75, 3.05) is 6.61 Å². The van der Waals surface area contributed by atoms with E-state index in [4.69, 9.17) is 4.74 Å². The summed E-state index contributed by atoms with van der Waals surface area (Å²) in [5.74, 6) is 0. The van der Waals surface area contributed by atoms with Gasteiger partial charge in [-0.2, -0.15) is 0 Å². The fourth-order valence-electron chi connectivity index (χ4n) is 1.99. The third-order valence-corrected chi connectivity index (χ3v) is 2.58. The Kier molecular flexibility index (Phi) is 4.19. The molecule has 1 fully saturated rings. The number of hydrogen-bond donors (Lipinski definition) is 1. The minimum atomic E-state index is -0.314. The predicted molar refractivity (Wildman–Crippen MR) is 65.0 cm³/mol. The highest BCUT2D eigenvalue weighted by Crippen LogP contribution is 2.22. The van der Waals surface area contributed by atoms with Gasteiger partial charge in [0.2, 0.25) is 0 Å². The van der Waals surface area contributed by atoms with Crippen molar-refractivity contribution >= 4 is 18.5 Å². The molecular formula is C12H16ClNO2. The molecule has 1 N–H and O–H groups in total. The molecule has 0 spiro atoms. The van der Waals surface area contributed by atoms with Crippen LogP contribution < -0.4 is 5.32 Å². The monoisotopic (exact) mass is 241 g/mol. The minimum Gasteiger partial charge on any atom is -0.449 e. The van der Waals surface area contributed by atoms with Crippen LogP contribution >= 0.6 is 12.4 Å². The van der Waals surface area contributed by atoms with Crippen molar-refractivity contribution in [3.8, 4) is 0 Å². The molecule has 1 saturated heterocycles. The van der Waals surface area contributed by atoms with Crippen molar-refractivity contribution in [3.05, 3.63) is 34.9 Å². The van der Waals surface area contributed by atoms with Gasteiger partial charge in [0.15, 0.2) is 0 Å². The highest BCUT2D eigenvalue weighted by Gasteiger charge is 2.20. The zero-order valence-electron chi connectivity index (χ0n) is 9.45. The van der Waals surface area contributed by atoms with E-state index in [0.29, 0.717) is 6.61 Å². The Balaban J connectivity index is 0.00000128. The predicted octanol–water partition coefficient (Wildman–Crippen LogP) is 2.90. The molecule has 1 aromatic rings. The molecule has 1 aliphatic rings. The van der Waals surface area contributed by atoms with Crippen molar-refractivity contribution < 1.29 is 9.53 Å². The average Bonchev–Trinajstić information content (AvgIpc) is 2.16. The van der Waals surface area contributed by atoms with Crippen LogP contribution in [0.5, 0.6) is 0 Å². The number of aryl methyl sites for hydroxylation is 2. The van der Waals surface area contributed by atoms with Crippen molar-refractivity contribution in [2.45, 2.75) is 26.3 Å². The molecule has 0 aromatic heterocycles. The Morgan fingerprint density at radius 1 is 1.25 bits per heavy atom. The minimum absolute atomic E-state index is 0. The van der Waals surface area contributed by atoms with Gasteiger partial charge in [-0.05, 0) is 19.4 Å². The van der Waals surface area contributed by atoms with Gasteiger partial charge in [-0.1, -0.05) is 29.3 Å². The molecule has 0 radical (unpaired) electrons. The van der Waals surface area contributed by atoms with Crippen molar-refractivity contribution in [2.24, 2.45) is 0 Å². The van der Waals surface area contributed by atoms with E-state index in [1.165, 1.54) is 16.7 Å². The number of benzene rings is 1. The third-order valence-electron chi connectivity index (χ3n) is 2.58. The zero-order chi connectivity index (χ0) is 10.8. The van der Waals surface area contributed by atoms with Crippen molar-refractivity contribution in [1.82, 2.24) is 5.32 Å². The molecule has 0 saturated carbocycles. The fraction of sp³-hybridized carbons (Fsp3) is 0.417. The second-order valence-corrected chi connectivity index (χ2v) is 4.04. The summed E-state index contributed by atoms with van der Waals surface area (Å²) in [6.07, 6.45) is 0.527. The van der Waals surface area contributed by atoms with E-state index >= 15 is 0 Å². The van der Waals surface area contributed by atoms with Crippen LogP contribution in [0, 0.1) is 13.8 Å². The lowest BCUT2D eigenvalue weighted by molar-refractivity contribution is 0.115. The third kappa shape index (κ3) is 2.89. The van der Waals surface area contributed by atoms with Gasteiger partial charge < -0.3 is 10.1 Å². The van der Waals surface area contributed by atoms with Crippen LogP contribution in [0.1, 0.15) is 29.2 Å². The number of cyclic esters (lactones) is 1. The van der Waals surface area contributed by atoms with E-state index < -0.39 is 0 Å². The number of rotatable bonds is 1. The van der Waals surface area contributed by atoms with Crippen LogP contribution in [0.25, 0.3) is 0 Å². The van der Waals surface area contributed by atoms with E-state index in [1.807, 2.05) is 0 Å². The van der Waals surface area contributed by atoms with E-state index in [1.54, 1.807) is 0 Å². The summed E-state index contributed by atoms with van der Waals surface area (Å²) in [6.45, 7) is 4.64. The summed E-state index contributed by atoms with van der Waals surface area (Å²) in [6, 6.07) is 6.46. The fourth-order valence-corrected chi connectivity index (χ4v) is 1.99. The average molecular weight is 242 g/mol. The zero-order valence-corrected chi connectivity index (χ0v) is 10.3. The number of carbonyl (C=O) groups excluding carboxylic acids is 1. The summed E-state index contributed by atoms with van der Waals surface area (Å²) in [7, 11) is 0. The smallest absolute Gasteiger partial charge is 0.407 e. The van der Waals surface area contributed by atoms with Crippen molar-refractivity contribution in [3.63, 3.8) is 0 Å². The molecular weight excluding hydrogens is 226 g/mol.